The van der Waals surface area contributed by atoms with Crippen molar-refractivity contribution in [1.82, 2.24) is 0 Å². The number of phenolic OH excluding ortho intramolecular Hbond substituents is 1. The van der Waals surface area contributed by atoms with Crippen molar-refractivity contribution in [3.63, 3.8) is 0 Å². The Hall–Kier alpha value is -2.35. The van der Waals surface area contributed by atoms with E-state index in [1.807, 2.05) is 24.3 Å². The minimum Gasteiger partial charge on any atom is -0.507 e. The first-order chi connectivity index (χ1) is 8.24. The molecule has 2 rings (SSSR count). The molecular weight excluding hydrogens is 212 g/mol. The van der Waals surface area contributed by atoms with Gasteiger partial charge in [-0.25, -0.2) is 0 Å². The van der Waals surface area contributed by atoms with Crippen LogP contribution in [0.1, 0.15) is 15.9 Å². The molecule has 84 valence electrons. The van der Waals surface area contributed by atoms with E-state index in [9.17, 15) is 9.90 Å². The summed E-state index contributed by atoms with van der Waals surface area (Å²) in [6.07, 6.45) is 2.42. The first-order valence-corrected chi connectivity index (χ1v) is 5.25. The standard InChI is InChI=1S/C15H12O2/c1-2-11-3-5-12(6-4-11)13-7-8-15(17)14(9-13)10-16/h2-10,17H,1H2. The monoisotopic (exact) mass is 224 g/mol. The molecule has 0 amide bonds. The minimum absolute atomic E-state index is 0.00598. The Labute approximate surface area is 99.8 Å². The zero-order valence-corrected chi connectivity index (χ0v) is 9.26. The van der Waals surface area contributed by atoms with Crippen LogP contribution in [-0.2, 0) is 0 Å². The Morgan fingerprint density at radius 3 is 2.24 bits per heavy atom. The molecule has 0 spiro atoms. The Morgan fingerprint density at radius 2 is 1.65 bits per heavy atom. The van der Waals surface area contributed by atoms with Gasteiger partial charge < -0.3 is 5.11 Å². The number of aromatic hydroxyl groups is 1. The van der Waals surface area contributed by atoms with E-state index < -0.39 is 0 Å². The molecular formula is C15H12O2. The fourth-order valence-electron chi connectivity index (χ4n) is 1.64. The van der Waals surface area contributed by atoms with Gasteiger partial charge in [0.15, 0.2) is 6.29 Å². The highest BCUT2D eigenvalue weighted by molar-refractivity contribution is 5.82. The van der Waals surface area contributed by atoms with E-state index in [0.29, 0.717) is 11.8 Å². The molecule has 2 heteroatoms. The summed E-state index contributed by atoms with van der Waals surface area (Å²) in [5.74, 6) is 0.00598. The topological polar surface area (TPSA) is 37.3 Å². The fourth-order valence-corrected chi connectivity index (χ4v) is 1.64. The van der Waals surface area contributed by atoms with Gasteiger partial charge in [-0.15, -0.1) is 0 Å². The predicted octanol–water partition coefficient (Wildman–Crippen LogP) is 3.51. The largest absolute Gasteiger partial charge is 0.507 e. The summed E-state index contributed by atoms with van der Waals surface area (Å²) in [5.41, 5.74) is 3.25. The maximum Gasteiger partial charge on any atom is 0.153 e. The second-order valence-corrected chi connectivity index (χ2v) is 3.72. The number of aldehydes is 1. The lowest BCUT2D eigenvalue weighted by molar-refractivity contribution is 0.112. The number of hydrogen-bond donors (Lipinski definition) is 1. The second kappa shape index (κ2) is 4.66. The number of carbonyl (C=O) groups is 1. The molecule has 2 nitrogen and oxygen atoms in total. The van der Waals surface area contributed by atoms with Crippen LogP contribution >= 0.6 is 0 Å². The second-order valence-electron chi connectivity index (χ2n) is 3.72. The summed E-state index contributed by atoms with van der Waals surface area (Å²) < 4.78 is 0. The van der Waals surface area contributed by atoms with Gasteiger partial charge in [0, 0.05) is 0 Å². The summed E-state index contributed by atoms with van der Waals surface area (Å²) in [5, 5.41) is 9.42. The van der Waals surface area contributed by atoms with Crippen molar-refractivity contribution in [2.24, 2.45) is 0 Å². The molecule has 0 radical (unpaired) electrons. The predicted molar refractivity (Wildman–Crippen MR) is 69.0 cm³/mol. The van der Waals surface area contributed by atoms with Crippen LogP contribution in [-0.4, -0.2) is 11.4 Å². The van der Waals surface area contributed by atoms with E-state index in [-0.39, 0.29) is 5.75 Å². The van der Waals surface area contributed by atoms with Crippen molar-refractivity contribution in [3.05, 3.63) is 60.2 Å². The molecule has 0 atom stereocenters. The highest BCUT2D eigenvalue weighted by atomic mass is 16.3. The number of rotatable bonds is 3. The molecule has 0 aliphatic carbocycles. The summed E-state index contributed by atoms with van der Waals surface area (Å²) in [4.78, 5) is 10.7. The van der Waals surface area contributed by atoms with Gasteiger partial charge in [-0.05, 0) is 28.8 Å². The van der Waals surface area contributed by atoms with E-state index >= 15 is 0 Å². The lowest BCUT2D eigenvalue weighted by Crippen LogP contribution is -1.84. The Kier molecular flexibility index (Phi) is 3.06. The average molecular weight is 224 g/mol. The number of carbonyl (C=O) groups excluding carboxylic acids is 1. The lowest BCUT2D eigenvalue weighted by Gasteiger charge is -2.04. The van der Waals surface area contributed by atoms with Gasteiger partial charge in [0.05, 0.1) is 5.56 Å². The number of benzene rings is 2. The third-order valence-electron chi connectivity index (χ3n) is 2.63. The molecule has 17 heavy (non-hydrogen) atoms. The molecule has 2 aromatic rings. The van der Waals surface area contributed by atoms with Gasteiger partial charge in [0.1, 0.15) is 5.75 Å². The summed E-state index contributed by atoms with van der Waals surface area (Å²) in [7, 11) is 0. The summed E-state index contributed by atoms with van der Waals surface area (Å²) in [6.45, 7) is 3.69. The van der Waals surface area contributed by atoms with E-state index in [2.05, 4.69) is 6.58 Å². The quantitative estimate of drug-likeness (QED) is 0.810. The van der Waals surface area contributed by atoms with Gasteiger partial charge in [0.2, 0.25) is 0 Å². The van der Waals surface area contributed by atoms with Crippen molar-refractivity contribution in [2.45, 2.75) is 0 Å². The molecule has 0 aliphatic rings. The van der Waals surface area contributed by atoms with E-state index in [0.717, 1.165) is 16.7 Å². The minimum atomic E-state index is 0.00598. The van der Waals surface area contributed by atoms with E-state index in [4.69, 9.17) is 0 Å². The third-order valence-corrected chi connectivity index (χ3v) is 2.63. The first-order valence-electron chi connectivity index (χ1n) is 5.25. The van der Waals surface area contributed by atoms with E-state index in [1.54, 1.807) is 18.2 Å². The Morgan fingerprint density at radius 1 is 1.00 bits per heavy atom. The van der Waals surface area contributed by atoms with Crippen LogP contribution in [0.3, 0.4) is 0 Å². The maximum absolute atomic E-state index is 10.7. The van der Waals surface area contributed by atoms with E-state index in [1.165, 1.54) is 6.07 Å². The first kappa shape index (κ1) is 11.1. The zero-order chi connectivity index (χ0) is 12.3. The summed E-state index contributed by atoms with van der Waals surface area (Å²) >= 11 is 0. The normalized spacial score (nSPS) is 9.88. The molecule has 0 aliphatic heterocycles. The lowest BCUT2D eigenvalue weighted by atomic mass is 10.0. The molecule has 0 fully saturated rings. The van der Waals surface area contributed by atoms with Crippen molar-refractivity contribution in [3.8, 4) is 16.9 Å². The fraction of sp³-hybridized carbons (Fsp3) is 0. The van der Waals surface area contributed by atoms with Gasteiger partial charge in [0.25, 0.3) is 0 Å². The van der Waals surface area contributed by atoms with Crippen LogP contribution in [0.2, 0.25) is 0 Å². The highest BCUT2D eigenvalue weighted by Crippen LogP contribution is 2.25. The smallest absolute Gasteiger partial charge is 0.153 e. The molecule has 0 saturated carbocycles. The van der Waals surface area contributed by atoms with Crippen LogP contribution < -0.4 is 0 Å². The number of hydrogen-bond acceptors (Lipinski definition) is 2. The third kappa shape index (κ3) is 2.26. The van der Waals surface area contributed by atoms with Crippen LogP contribution in [0.4, 0.5) is 0 Å². The van der Waals surface area contributed by atoms with Gasteiger partial charge in [-0.1, -0.05) is 43.0 Å². The zero-order valence-electron chi connectivity index (χ0n) is 9.26. The molecule has 2 aromatic carbocycles. The number of phenols is 1. The molecule has 0 heterocycles. The van der Waals surface area contributed by atoms with Crippen molar-refractivity contribution < 1.29 is 9.90 Å². The van der Waals surface area contributed by atoms with Crippen LogP contribution in [0.15, 0.2) is 49.0 Å². The molecule has 0 bridgehead atoms. The van der Waals surface area contributed by atoms with Crippen molar-refractivity contribution in [1.29, 1.82) is 0 Å². The molecule has 1 N–H and O–H groups in total. The highest BCUT2D eigenvalue weighted by Gasteiger charge is 2.03. The van der Waals surface area contributed by atoms with Crippen LogP contribution in [0.25, 0.3) is 17.2 Å². The molecule has 0 unspecified atom stereocenters. The average Bonchev–Trinajstić information content (AvgIpc) is 2.39. The summed E-state index contributed by atoms with van der Waals surface area (Å²) in [6, 6.07) is 12.8. The van der Waals surface area contributed by atoms with Crippen LogP contribution in [0, 0.1) is 0 Å². The Balaban J connectivity index is 2.45. The SMILES string of the molecule is C=Cc1ccc(-c2ccc(O)c(C=O)c2)cc1. The molecule has 0 aromatic heterocycles. The van der Waals surface area contributed by atoms with Gasteiger partial charge in [-0.2, -0.15) is 0 Å². The van der Waals surface area contributed by atoms with Crippen molar-refractivity contribution >= 4 is 12.4 Å². The van der Waals surface area contributed by atoms with Gasteiger partial charge in [-0.3, -0.25) is 4.79 Å². The maximum atomic E-state index is 10.7. The molecule has 0 saturated heterocycles. The Bertz CT molecular complexity index is 554. The van der Waals surface area contributed by atoms with Gasteiger partial charge >= 0.3 is 0 Å². The van der Waals surface area contributed by atoms with Crippen LogP contribution in [0.5, 0.6) is 5.75 Å². The van der Waals surface area contributed by atoms with Crippen molar-refractivity contribution in [2.75, 3.05) is 0 Å².